The molecule has 3 aromatic rings. The van der Waals surface area contributed by atoms with Crippen molar-refractivity contribution >= 4 is 39.8 Å². The minimum atomic E-state index is -0.959. The van der Waals surface area contributed by atoms with Crippen LogP contribution < -0.4 is 20.2 Å². The number of thiophene rings is 1. The molecule has 1 aliphatic rings. The van der Waals surface area contributed by atoms with E-state index in [2.05, 4.69) is 15.8 Å². The predicted octanol–water partition coefficient (Wildman–Crippen LogP) is 4.40. The van der Waals surface area contributed by atoms with E-state index in [0.717, 1.165) is 35.3 Å². The zero-order valence-corrected chi connectivity index (χ0v) is 22.5. The van der Waals surface area contributed by atoms with Gasteiger partial charge in [-0.2, -0.15) is 5.10 Å². The summed E-state index contributed by atoms with van der Waals surface area (Å²) in [6.07, 6.45) is 2.51. The number of carbonyl (C=O) groups is 3. The minimum Gasteiger partial charge on any atom is -0.493 e. The van der Waals surface area contributed by atoms with Gasteiger partial charge in [0.15, 0.2) is 11.5 Å². The van der Waals surface area contributed by atoms with E-state index in [4.69, 9.17) is 14.2 Å². The predicted molar refractivity (Wildman–Crippen MR) is 145 cm³/mol. The van der Waals surface area contributed by atoms with Gasteiger partial charge < -0.3 is 19.5 Å². The Hall–Kier alpha value is -4.18. The van der Waals surface area contributed by atoms with Crippen molar-refractivity contribution in [3.8, 4) is 11.5 Å². The highest BCUT2D eigenvalue weighted by Gasteiger charge is 2.29. The fourth-order valence-corrected chi connectivity index (χ4v) is 5.35. The van der Waals surface area contributed by atoms with Gasteiger partial charge in [0.1, 0.15) is 11.6 Å². The van der Waals surface area contributed by atoms with Gasteiger partial charge in [0.2, 0.25) is 0 Å². The fraction of sp³-hybridized carbons (Fsp3) is 0.286. The lowest BCUT2D eigenvalue weighted by atomic mass is 10.1. The van der Waals surface area contributed by atoms with Crippen LogP contribution in [0.2, 0.25) is 0 Å². The molecule has 0 saturated heterocycles. The second kappa shape index (κ2) is 11.9. The average Bonchev–Trinajstić information content (AvgIpc) is 3.51. The molecule has 0 spiro atoms. The summed E-state index contributed by atoms with van der Waals surface area (Å²) < 4.78 is 16.3. The highest BCUT2D eigenvalue weighted by atomic mass is 32.1. The molecule has 0 saturated carbocycles. The largest absolute Gasteiger partial charge is 0.493 e. The minimum absolute atomic E-state index is 0.313. The molecule has 4 rings (SSSR count). The summed E-state index contributed by atoms with van der Waals surface area (Å²) in [4.78, 5) is 38.3. The number of amides is 2. The lowest BCUT2D eigenvalue weighted by Gasteiger charge is -2.12. The third-order valence-electron chi connectivity index (χ3n) is 6.17. The van der Waals surface area contributed by atoms with Gasteiger partial charge in [0, 0.05) is 10.4 Å². The molecule has 0 unspecified atom stereocenters. The van der Waals surface area contributed by atoms with Crippen molar-refractivity contribution in [2.45, 2.75) is 39.7 Å². The Morgan fingerprint density at radius 2 is 1.76 bits per heavy atom. The van der Waals surface area contributed by atoms with Crippen molar-refractivity contribution in [1.82, 2.24) is 5.43 Å². The highest BCUT2D eigenvalue weighted by Crippen LogP contribution is 2.39. The van der Waals surface area contributed by atoms with Gasteiger partial charge in [-0.15, -0.1) is 11.3 Å². The summed E-state index contributed by atoms with van der Waals surface area (Å²) >= 11 is 1.29. The van der Waals surface area contributed by atoms with Gasteiger partial charge in [-0.1, -0.05) is 29.8 Å². The number of benzene rings is 2. The summed E-state index contributed by atoms with van der Waals surface area (Å²) in [7, 11) is 2.83. The number of fused-ring (bicyclic) bond motifs is 1. The topological polar surface area (TPSA) is 115 Å². The van der Waals surface area contributed by atoms with E-state index in [-0.39, 0.29) is 0 Å². The molecule has 0 aliphatic heterocycles. The molecule has 1 heterocycles. The van der Waals surface area contributed by atoms with Crippen LogP contribution in [0.25, 0.3) is 0 Å². The molecule has 0 fully saturated rings. The third-order valence-corrected chi connectivity index (χ3v) is 7.37. The smallest absolute Gasteiger partial charge is 0.341 e. The summed E-state index contributed by atoms with van der Waals surface area (Å²) in [6.45, 7) is 4.11. The number of hydrogen-bond donors (Lipinski definition) is 2. The number of ether oxygens (including phenoxy) is 3. The maximum absolute atomic E-state index is 12.5. The van der Waals surface area contributed by atoms with Crippen molar-refractivity contribution < 1.29 is 28.6 Å². The van der Waals surface area contributed by atoms with E-state index < -0.39 is 17.8 Å². The fourth-order valence-electron chi connectivity index (χ4n) is 4.08. The molecule has 0 radical (unpaired) electrons. The Bertz CT molecular complexity index is 1390. The first kappa shape index (κ1) is 26.9. The first-order valence-corrected chi connectivity index (χ1v) is 12.9. The molecule has 10 heteroatoms. The molecule has 38 heavy (non-hydrogen) atoms. The van der Waals surface area contributed by atoms with Crippen LogP contribution in [0.1, 0.15) is 50.8 Å². The summed E-state index contributed by atoms with van der Waals surface area (Å²) in [6, 6.07) is 13.4. The maximum atomic E-state index is 12.5. The van der Waals surface area contributed by atoms with Crippen LogP contribution in [-0.4, -0.2) is 37.7 Å². The van der Waals surface area contributed by atoms with Crippen LogP contribution in [0.15, 0.2) is 47.6 Å². The van der Waals surface area contributed by atoms with Gasteiger partial charge in [0.25, 0.3) is 0 Å². The van der Waals surface area contributed by atoms with Crippen molar-refractivity contribution in [3.05, 3.63) is 75.2 Å². The first-order valence-electron chi connectivity index (χ1n) is 12.1. The van der Waals surface area contributed by atoms with Crippen LogP contribution in [0, 0.1) is 6.92 Å². The Kier molecular flexibility index (Phi) is 8.42. The zero-order valence-electron chi connectivity index (χ0n) is 21.7. The highest BCUT2D eigenvalue weighted by molar-refractivity contribution is 7.17. The van der Waals surface area contributed by atoms with E-state index in [9.17, 15) is 14.4 Å². The molecule has 0 bridgehead atoms. The molecule has 1 aromatic heterocycles. The van der Waals surface area contributed by atoms with E-state index >= 15 is 0 Å². The number of rotatable bonds is 8. The van der Waals surface area contributed by atoms with Gasteiger partial charge in [-0.3, -0.25) is 9.59 Å². The summed E-state index contributed by atoms with van der Waals surface area (Å²) in [5.41, 5.74) is 6.82. The van der Waals surface area contributed by atoms with Crippen molar-refractivity contribution in [2.75, 3.05) is 19.5 Å². The van der Waals surface area contributed by atoms with Crippen molar-refractivity contribution in [2.24, 2.45) is 5.10 Å². The van der Waals surface area contributed by atoms with Crippen LogP contribution in [0.5, 0.6) is 11.5 Å². The number of hydrogen-bond acceptors (Lipinski definition) is 8. The standard InChI is InChI=1S/C28H29N3O6S/c1-16-8-10-18(11-9-16)15-37-21-13-12-19(14-22(21)35-3)17(2)30-31-26(33)25(32)29-27-24(28(34)36-4)20-6-5-7-23(20)38-27/h8-14H,5-7,15H2,1-4H3,(H,29,32)(H,31,33)/b30-17+. The van der Waals surface area contributed by atoms with E-state index in [1.54, 1.807) is 32.2 Å². The number of methoxy groups -OCH3 is 2. The lowest BCUT2D eigenvalue weighted by molar-refractivity contribution is -0.136. The number of nitrogens with one attached hydrogen (secondary N) is 2. The molecule has 2 aromatic carbocycles. The SMILES string of the molecule is COC(=O)c1c(NC(=O)C(=O)N/N=C(\C)c2ccc(OCc3ccc(C)cc3)c(OC)c2)sc2c1CCC2. The summed E-state index contributed by atoms with van der Waals surface area (Å²) in [5, 5.41) is 6.91. The number of anilines is 1. The van der Waals surface area contributed by atoms with E-state index in [0.29, 0.717) is 39.9 Å². The number of nitrogens with zero attached hydrogens (tertiary/aromatic N) is 1. The normalized spacial score (nSPS) is 12.5. The van der Waals surface area contributed by atoms with Crippen LogP contribution in [-0.2, 0) is 33.8 Å². The molecular weight excluding hydrogens is 506 g/mol. The first-order chi connectivity index (χ1) is 18.3. The molecule has 2 N–H and O–H groups in total. The number of carbonyl (C=O) groups excluding carboxylic acids is 3. The van der Waals surface area contributed by atoms with Crippen molar-refractivity contribution in [3.63, 3.8) is 0 Å². The molecule has 0 atom stereocenters. The van der Waals surface area contributed by atoms with Gasteiger partial charge in [-0.05, 0) is 62.4 Å². The number of esters is 1. The Labute approximate surface area is 224 Å². The average molecular weight is 536 g/mol. The van der Waals surface area contributed by atoms with E-state index in [1.807, 2.05) is 31.2 Å². The number of hydrazone groups is 1. The number of aryl methyl sites for hydroxylation is 2. The Morgan fingerprint density at radius 3 is 2.47 bits per heavy atom. The molecular formula is C28H29N3O6S. The molecule has 9 nitrogen and oxygen atoms in total. The van der Waals surface area contributed by atoms with Gasteiger partial charge in [0.05, 0.1) is 25.5 Å². The summed E-state index contributed by atoms with van der Waals surface area (Å²) in [5.74, 6) is -1.34. The third kappa shape index (κ3) is 6.03. The van der Waals surface area contributed by atoms with Gasteiger partial charge in [-0.25, -0.2) is 10.2 Å². The molecule has 2 amide bonds. The van der Waals surface area contributed by atoms with Crippen LogP contribution in [0.3, 0.4) is 0 Å². The Morgan fingerprint density at radius 1 is 1.00 bits per heavy atom. The van der Waals surface area contributed by atoms with E-state index in [1.165, 1.54) is 24.0 Å². The lowest BCUT2D eigenvalue weighted by Crippen LogP contribution is -2.33. The van der Waals surface area contributed by atoms with Crippen molar-refractivity contribution in [1.29, 1.82) is 0 Å². The Balaban J connectivity index is 1.40. The second-order valence-corrected chi connectivity index (χ2v) is 9.89. The van der Waals surface area contributed by atoms with Gasteiger partial charge >= 0.3 is 17.8 Å². The molecule has 198 valence electrons. The van der Waals surface area contributed by atoms with Crippen LogP contribution in [0.4, 0.5) is 5.00 Å². The van der Waals surface area contributed by atoms with Crippen LogP contribution >= 0.6 is 11.3 Å². The molecule has 1 aliphatic carbocycles. The second-order valence-electron chi connectivity index (χ2n) is 8.79. The monoisotopic (exact) mass is 535 g/mol. The zero-order chi connectivity index (χ0) is 27.2. The quantitative estimate of drug-likeness (QED) is 0.191. The maximum Gasteiger partial charge on any atom is 0.341 e.